The predicted octanol–water partition coefficient (Wildman–Crippen LogP) is 5.41. The second-order valence-corrected chi connectivity index (χ2v) is 4.74. The lowest BCUT2D eigenvalue weighted by Gasteiger charge is -2.20. The van der Waals surface area contributed by atoms with Gasteiger partial charge in [-0.15, -0.1) is 0 Å². The zero-order valence-corrected chi connectivity index (χ0v) is 13.0. The van der Waals surface area contributed by atoms with Crippen molar-refractivity contribution in [3.05, 3.63) is 59.2 Å². The van der Waals surface area contributed by atoms with Gasteiger partial charge in [0.25, 0.3) is 0 Å². The van der Waals surface area contributed by atoms with E-state index in [1.807, 2.05) is 13.8 Å². The van der Waals surface area contributed by atoms with Gasteiger partial charge < -0.3 is 4.90 Å². The third kappa shape index (κ3) is 4.13. The van der Waals surface area contributed by atoms with E-state index in [0.717, 1.165) is 0 Å². The van der Waals surface area contributed by atoms with Crippen molar-refractivity contribution in [1.29, 1.82) is 0 Å². The van der Waals surface area contributed by atoms with Gasteiger partial charge in [-0.2, -0.15) is 0 Å². The lowest BCUT2D eigenvalue weighted by molar-refractivity contribution is 1.19. The normalized spacial score (nSPS) is 9.58. The number of anilines is 2. The van der Waals surface area contributed by atoms with Crippen molar-refractivity contribution >= 4 is 11.4 Å². The Hall–Kier alpha value is -1.76. The van der Waals surface area contributed by atoms with Crippen LogP contribution in [0.4, 0.5) is 11.4 Å². The minimum Gasteiger partial charge on any atom is -0.345 e. The molecule has 0 unspecified atom stereocenters. The van der Waals surface area contributed by atoms with Crippen molar-refractivity contribution in [2.24, 2.45) is 0 Å². The zero-order valence-electron chi connectivity index (χ0n) is 13.0. The Morgan fingerprint density at radius 1 is 0.632 bits per heavy atom. The van der Waals surface area contributed by atoms with E-state index in [4.69, 9.17) is 0 Å². The Morgan fingerprint density at radius 3 is 1.58 bits per heavy atom. The first-order valence-electron chi connectivity index (χ1n) is 6.95. The van der Waals surface area contributed by atoms with E-state index >= 15 is 0 Å². The largest absolute Gasteiger partial charge is 0.345 e. The molecule has 2 rings (SSSR count). The second-order valence-electron chi connectivity index (χ2n) is 4.74. The van der Waals surface area contributed by atoms with Crippen LogP contribution in [0.25, 0.3) is 0 Å². The minimum atomic E-state index is 1.22. The molecule has 0 heterocycles. The van der Waals surface area contributed by atoms with Crippen LogP contribution in [0, 0.1) is 20.8 Å². The van der Waals surface area contributed by atoms with Crippen molar-refractivity contribution in [2.75, 3.05) is 11.9 Å². The van der Waals surface area contributed by atoms with Gasteiger partial charge in [0.15, 0.2) is 0 Å². The molecular weight excluding hydrogens is 230 g/mol. The molecule has 2 aromatic rings. The van der Waals surface area contributed by atoms with Crippen molar-refractivity contribution in [2.45, 2.75) is 34.6 Å². The highest BCUT2D eigenvalue weighted by molar-refractivity contribution is 5.64. The Kier molecular flexibility index (Phi) is 5.62. The molecule has 0 N–H and O–H groups in total. The highest BCUT2D eigenvalue weighted by atomic mass is 15.1. The molecule has 0 radical (unpaired) electrons. The maximum Gasteiger partial charge on any atom is 0.0413 e. The van der Waals surface area contributed by atoms with E-state index in [0.29, 0.717) is 0 Å². The summed E-state index contributed by atoms with van der Waals surface area (Å²) in [6.45, 7) is 10.4. The van der Waals surface area contributed by atoms with Gasteiger partial charge in [0.1, 0.15) is 0 Å². The lowest BCUT2D eigenvalue weighted by Crippen LogP contribution is -2.09. The highest BCUT2D eigenvalue weighted by Crippen LogP contribution is 2.25. The van der Waals surface area contributed by atoms with Crippen LogP contribution < -0.4 is 4.90 Å². The van der Waals surface area contributed by atoms with Crippen molar-refractivity contribution in [1.82, 2.24) is 0 Å². The molecule has 0 fully saturated rings. The molecule has 102 valence electrons. The van der Waals surface area contributed by atoms with E-state index in [1.54, 1.807) is 0 Å². The third-order valence-corrected chi connectivity index (χ3v) is 3.02. The fourth-order valence-electron chi connectivity index (χ4n) is 2.06. The van der Waals surface area contributed by atoms with Crippen LogP contribution in [-0.2, 0) is 0 Å². The second kappa shape index (κ2) is 6.98. The number of benzene rings is 2. The number of hydrogen-bond donors (Lipinski definition) is 0. The number of nitrogens with zero attached hydrogens (tertiary/aromatic N) is 1. The van der Waals surface area contributed by atoms with Gasteiger partial charge >= 0.3 is 0 Å². The smallest absolute Gasteiger partial charge is 0.0413 e. The molecule has 0 amide bonds. The molecule has 0 atom stereocenters. The van der Waals surface area contributed by atoms with Gasteiger partial charge in [-0.25, -0.2) is 0 Å². The van der Waals surface area contributed by atoms with E-state index in [1.165, 1.54) is 28.1 Å². The summed E-state index contributed by atoms with van der Waals surface area (Å²) in [5.74, 6) is 0. The summed E-state index contributed by atoms with van der Waals surface area (Å²) < 4.78 is 0. The topological polar surface area (TPSA) is 3.24 Å². The van der Waals surface area contributed by atoms with Gasteiger partial charge in [-0.1, -0.05) is 37.6 Å². The van der Waals surface area contributed by atoms with Gasteiger partial charge in [0.05, 0.1) is 0 Å². The van der Waals surface area contributed by atoms with Gasteiger partial charge in [0.2, 0.25) is 0 Å². The monoisotopic (exact) mass is 255 g/mol. The fourth-order valence-corrected chi connectivity index (χ4v) is 2.06. The van der Waals surface area contributed by atoms with Crippen LogP contribution in [0.3, 0.4) is 0 Å². The van der Waals surface area contributed by atoms with Crippen LogP contribution in [0.5, 0.6) is 0 Å². The number of aryl methyl sites for hydroxylation is 3. The molecule has 0 saturated carbocycles. The number of rotatable bonds is 2. The Morgan fingerprint density at radius 2 is 1.11 bits per heavy atom. The Labute approximate surface area is 117 Å². The average molecular weight is 255 g/mol. The predicted molar refractivity (Wildman–Crippen MR) is 86.5 cm³/mol. The van der Waals surface area contributed by atoms with E-state index in [2.05, 4.69) is 75.2 Å². The average Bonchev–Trinajstić information content (AvgIpc) is 2.40. The molecule has 2 aromatic carbocycles. The molecule has 19 heavy (non-hydrogen) atoms. The molecule has 1 heteroatoms. The van der Waals surface area contributed by atoms with Gasteiger partial charge in [0, 0.05) is 18.4 Å². The molecule has 0 aliphatic carbocycles. The van der Waals surface area contributed by atoms with E-state index in [9.17, 15) is 0 Å². The van der Waals surface area contributed by atoms with Crippen LogP contribution in [0.1, 0.15) is 30.5 Å². The molecule has 0 aromatic heterocycles. The maximum atomic E-state index is 2.22. The first-order chi connectivity index (χ1) is 9.06. The molecule has 0 spiro atoms. The number of hydrogen-bond acceptors (Lipinski definition) is 1. The van der Waals surface area contributed by atoms with E-state index in [-0.39, 0.29) is 0 Å². The lowest BCUT2D eigenvalue weighted by atomic mass is 10.1. The maximum absolute atomic E-state index is 2.22. The summed E-state index contributed by atoms with van der Waals surface area (Å²) in [6, 6.07) is 15.2. The Bertz CT molecular complexity index is 491. The van der Waals surface area contributed by atoms with Crippen LogP contribution in [-0.4, -0.2) is 7.05 Å². The molecule has 0 aliphatic rings. The summed E-state index contributed by atoms with van der Waals surface area (Å²) in [4.78, 5) is 2.22. The standard InChI is InChI=1S/C16H19N.C2H6/c1-12-5-7-15(8-6-12)17(4)16-10-13(2)9-14(3)11-16;1-2/h5-11H,1-4H3;1-2H3. The molecule has 0 aliphatic heterocycles. The van der Waals surface area contributed by atoms with Crippen molar-refractivity contribution in [3.63, 3.8) is 0 Å². The van der Waals surface area contributed by atoms with Crippen LogP contribution in [0.2, 0.25) is 0 Å². The van der Waals surface area contributed by atoms with E-state index < -0.39 is 0 Å². The van der Waals surface area contributed by atoms with Crippen molar-refractivity contribution in [3.8, 4) is 0 Å². The summed E-state index contributed by atoms with van der Waals surface area (Å²) in [5.41, 5.74) is 6.37. The summed E-state index contributed by atoms with van der Waals surface area (Å²) in [6.07, 6.45) is 0. The molecular formula is C18H25N. The SMILES string of the molecule is CC.Cc1ccc(N(C)c2cc(C)cc(C)c2)cc1. The summed E-state index contributed by atoms with van der Waals surface area (Å²) >= 11 is 0. The van der Waals surface area contributed by atoms with Gasteiger partial charge in [-0.05, 0) is 56.2 Å². The third-order valence-electron chi connectivity index (χ3n) is 3.02. The Balaban J connectivity index is 0.000000861. The highest BCUT2D eigenvalue weighted by Gasteiger charge is 2.04. The molecule has 0 saturated heterocycles. The van der Waals surface area contributed by atoms with Crippen molar-refractivity contribution < 1.29 is 0 Å². The first kappa shape index (κ1) is 15.3. The molecule has 0 bridgehead atoms. The quantitative estimate of drug-likeness (QED) is 0.694. The zero-order chi connectivity index (χ0) is 14.4. The fraction of sp³-hybridized carbons (Fsp3) is 0.333. The summed E-state index contributed by atoms with van der Waals surface area (Å²) in [7, 11) is 2.11. The minimum absolute atomic E-state index is 1.22. The first-order valence-corrected chi connectivity index (χ1v) is 6.95. The summed E-state index contributed by atoms with van der Waals surface area (Å²) in [5, 5.41) is 0. The van der Waals surface area contributed by atoms with Gasteiger partial charge in [-0.3, -0.25) is 0 Å². The van der Waals surface area contributed by atoms with Crippen LogP contribution in [0.15, 0.2) is 42.5 Å². The van der Waals surface area contributed by atoms with Crippen LogP contribution >= 0.6 is 0 Å². The molecule has 1 nitrogen and oxygen atoms in total.